The molecule has 2 N–H and O–H groups in total. The van der Waals surface area contributed by atoms with Crippen molar-refractivity contribution in [1.29, 1.82) is 0 Å². The zero-order valence-corrected chi connectivity index (χ0v) is 8.80. The second-order valence-electron chi connectivity index (χ2n) is 4.15. The van der Waals surface area contributed by atoms with Gasteiger partial charge in [-0.25, -0.2) is 4.39 Å². The highest BCUT2D eigenvalue weighted by Crippen LogP contribution is 2.21. The Balaban J connectivity index is 1.87. The first-order valence-electron chi connectivity index (χ1n) is 5.47. The molecule has 0 spiro atoms. The zero-order chi connectivity index (χ0) is 10.6. The Morgan fingerprint density at radius 2 is 2.13 bits per heavy atom. The molecule has 82 valence electrons. The monoisotopic (exact) mass is 208 g/mol. The molecule has 0 aromatic heterocycles. The Bertz CT molecular complexity index is 294. The summed E-state index contributed by atoms with van der Waals surface area (Å²) in [6.45, 7) is 1.80. The molecule has 1 aliphatic heterocycles. The molecule has 1 aromatic rings. The number of para-hydroxylation sites is 1. The molecule has 0 radical (unpaired) electrons. The molecule has 1 heterocycles. The molecular formula is C12H17FN2. The minimum atomic E-state index is -1.09. The van der Waals surface area contributed by atoms with E-state index in [-0.39, 0.29) is 0 Å². The van der Waals surface area contributed by atoms with Crippen LogP contribution >= 0.6 is 0 Å². The first kappa shape index (κ1) is 10.4. The van der Waals surface area contributed by atoms with Crippen molar-refractivity contribution in [1.82, 2.24) is 5.32 Å². The van der Waals surface area contributed by atoms with Crippen LogP contribution in [0.2, 0.25) is 0 Å². The number of halogens is 1. The maximum Gasteiger partial charge on any atom is 0.140 e. The molecule has 0 saturated carbocycles. The Kier molecular flexibility index (Phi) is 3.21. The fourth-order valence-corrected chi connectivity index (χ4v) is 1.90. The molecule has 1 aromatic carbocycles. The summed E-state index contributed by atoms with van der Waals surface area (Å²) < 4.78 is 14.1. The molecule has 1 saturated heterocycles. The standard InChI is InChI=1S/C12H17FN2/c13-12(7-4-8-14-9-12)10-15-11-5-2-1-3-6-11/h1-3,5-6,14-15H,4,7-10H2. The lowest BCUT2D eigenvalue weighted by molar-refractivity contribution is 0.137. The summed E-state index contributed by atoms with van der Waals surface area (Å²) in [5.41, 5.74) is -0.103. The van der Waals surface area contributed by atoms with Crippen molar-refractivity contribution in [3.8, 4) is 0 Å². The minimum absolute atomic E-state index is 0.393. The van der Waals surface area contributed by atoms with Crippen LogP contribution in [-0.4, -0.2) is 25.3 Å². The number of alkyl halides is 1. The SMILES string of the molecule is FC1(CNc2ccccc2)CCCNC1. The molecule has 1 fully saturated rings. The largest absolute Gasteiger partial charge is 0.382 e. The van der Waals surface area contributed by atoms with Gasteiger partial charge in [-0.1, -0.05) is 18.2 Å². The average molecular weight is 208 g/mol. The predicted molar refractivity (Wildman–Crippen MR) is 60.9 cm³/mol. The lowest BCUT2D eigenvalue weighted by Gasteiger charge is -2.30. The van der Waals surface area contributed by atoms with Gasteiger partial charge in [-0.15, -0.1) is 0 Å². The Hall–Kier alpha value is -1.09. The molecular weight excluding hydrogens is 191 g/mol. The summed E-state index contributed by atoms with van der Waals surface area (Å²) in [4.78, 5) is 0. The van der Waals surface area contributed by atoms with Gasteiger partial charge in [0.25, 0.3) is 0 Å². The van der Waals surface area contributed by atoms with Gasteiger partial charge in [0.15, 0.2) is 0 Å². The van der Waals surface area contributed by atoms with Gasteiger partial charge in [-0.05, 0) is 31.5 Å². The number of hydrogen-bond acceptors (Lipinski definition) is 2. The molecule has 2 nitrogen and oxygen atoms in total. The topological polar surface area (TPSA) is 24.1 Å². The van der Waals surface area contributed by atoms with Crippen LogP contribution in [-0.2, 0) is 0 Å². The van der Waals surface area contributed by atoms with Crippen LogP contribution in [0.25, 0.3) is 0 Å². The smallest absolute Gasteiger partial charge is 0.140 e. The normalized spacial score (nSPS) is 26.2. The molecule has 0 aliphatic carbocycles. The van der Waals surface area contributed by atoms with Crippen molar-refractivity contribution >= 4 is 5.69 Å². The first-order chi connectivity index (χ1) is 7.29. The van der Waals surface area contributed by atoms with Crippen LogP contribution in [0.1, 0.15) is 12.8 Å². The van der Waals surface area contributed by atoms with Crippen molar-refractivity contribution in [2.24, 2.45) is 0 Å². The zero-order valence-electron chi connectivity index (χ0n) is 8.80. The molecule has 2 rings (SSSR count). The van der Waals surface area contributed by atoms with Gasteiger partial charge in [-0.3, -0.25) is 0 Å². The van der Waals surface area contributed by atoms with Gasteiger partial charge in [0.1, 0.15) is 5.67 Å². The fourth-order valence-electron chi connectivity index (χ4n) is 1.90. The average Bonchev–Trinajstić information content (AvgIpc) is 2.29. The maximum absolute atomic E-state index is 14.1. The number of anilines is 1. The lowest BCUT2D eigenvalue weighted by atomic mass is 9.96. The van der Waals surface area contributed by atoms with Gasteiger partial charge in [-0.2, -0.15) is 0 Å². The second-order valence-corrected chi connectivity index (χ2v) is 4.15. The highest BCUT2D eigenvalue weighted by molar-refractivity contribution is 5.42. The van der Waals surface area contributed by atoms with Gasteiger partial charge in [0, 0.05) is 12.2 Å². The third-order valence-electron chi connectivity index (χ3n) is 2.80. The van der Waals surface area contributed by atoms with Gasteiger partial charge in [0.05, 0.1) is 6.54 Å². The van der Waals surface area contributed by atoms with Crippen molar-refractivity contribution in [2.45, 2.75) is 18.5 Å². The van der Waals surface area contributed by atoms with E-state index < -0.39 is 5.67 Å². The summed E-state index contributed by atoms with van der Waals surface area (Å²) in [5, 5.41) is 6.24. The van der Waals surface area contributed by atoms with E-state index in [0.29, 0.717) is 19.5 Å². The van der Waals surface area contributed by atoms with Crippen LogP contribution in [0.15, 0.2) is 30.3 Å². The van der Waals surface area contributed by atoms with E-state index in [1.165, 1.54) is 0 Å². The van der Waals surface area contributed by atoms with Gasteiger partial charge < -0.3 is 10.6 Å². The van der Waals surface area contributed by atoms with E-state index in [9.17, 15) is 4.39 Å². The molecule has 0 amide bonds. The number of hydrogen-bond donors (Lipinski definition) is 2. The van der Waals surface area contributed by atoms with Crippen molar-refractivity contribution in [2.75, 3.05) is 25.0 Å². The fraction of sp³-hybridized carbons (Fsp3) is 0.500. The van der Waals surface area contributed by atoms with Crippen LogP contribution in [0, 0.1) is 0 Å². The van der Waals surface area contributed by atoms with Crippen LogP contribution in [0.5, 0.6) is 0 Å². The summed E-state index contributed by atoms with van der Waals surface area (Å²) in [5.74, 6) is 0. The minimum Gasteiger partial charge on any atom is -0.382 e. The Morgan fingerprint density at radius 3 is 2.80 bits per heavy atom. The van der Waals surface area contributed by atoms with Crippen LogP contribution in [0.3, 0.4) is 0 Å². The first-order valence-corrected chi connectivity index (χ1v) is 5.47. The highest BCUT2D eigenvalue weighted by atomic mass is 19.1. The van der Waals surface area contributed by atoms with E-state index in [1.807, 2.05) is 30.3 Å². The summed E-state index contributed by atoms with van der Waals surface area (Å²) in [6, 6.07) is 9.77. The molecule has 0 bridgehead atoms. The molecule has 1 unspecified atom stereocenters. The molecule has 1 atom stereocenters. The van der Waals surface area contributed by atoms with Gasteiger partial charge in [0.2, 0.25) is 0 Å². The molecule has 3 heteroatoms. The molecule has 1 aliphatic rings. The van der Waals surface area contributed by atoms with Crippen molar-refractivity contribution in [3.05, 3.63) is 30.3 Å². The third kappa shape index (κ3) is 2.93. The third-order valence-corrected chi connectivity index (χ3v) is 2.80. The van der Waals surface area contributed by atoms with Crippen LogP contribution < -0.4 is 10.6 Å². The number of nitrogens with one attached hydrogen (secondary N) is 2. The number of benzene rings is 1. The molecule has 15 heavy (non-hydrogen) atoms. The van der Waals surface area contributed by atoms with E-state index in [1.54, 1.807) is 0 Å². The van der Waals surface area contributed by atoms with E-state index in [2.05, 4.69) is 10.6 Å². The van der Waals surface area contributed by atoms with Crippen molar-refractivity contribution in [3.63, 3.8) is 0 Å². The Labute approximate surface area is 89.9 Å². The Morgan fingerprint density at radius 1 is 1.33 bits per heavy atom. The van der Waals surface area contributed by atoms with Crippen molar-refractivity contribution < 1.29 is 4.39 Å². The predicted octanol–water partition coefficient (Wildman–Crippen LogP) is 2.19. The summed E-state index contributed by atoms with van der Waals surface area (Å²) >= 11 is 0. The quantitative estimate of drug-likeness (QED) is 0.795. The number of rotatable bonds is 3. The van der Waals surface area contributed by atoms with Crippen LogP contribution in [0.4, 0.5) is 10.1 Å². The van der Waals surface area contributed by atoms with E-state index >= 15 is 0 Å². The lowest BCUT2D eigenvalue weighted by Crippen LogP contribution is -2.46. The number of piperidine rings is 1. The summed E-state index contributed by atoms with van der Waals surface area (Å²) in [7, 11) is 0. The van der Waals surface area contributed by atoms with E-state index in [4.69, 9.17) is 0 Å². The van der Waals surface area contributed by atoms with Gasteiger partial charge >= 0.3 is 0 Å². The summed E-state index contributed by atoms with van der Waals surface area (Å²) in [6.07, 6.45) is 1.58. The van der Waals surface area contributed by atoms with E-state index in [0.717, 1.165) is 18.7 Å². The maximum atomic E-state index is 14.1. The highest BCUT2D eigenvalue weighted by Gasteiger charge is 2.31. The second kappa shape index (κ2) is 4.62.